The Hall–Kier alpha value is -2.10. The van der Waals surface area contributed by atoms with Crippen molar-refractivity contribution in [3.8, 4) is 0 Å². The van der Waals surface area contributed by atoms with Crippen molar-refractivity contribution in [3.63, 3.8) is 0 Å². The third-order valence-electron chi connectivity index (χ3n) is 4.37. The summed E-state index contributed by atoms with van der Waals surface area (Å²) in [5.41, 5.74) is 1.74. The van der Waals surface area contributed by atoms with Gasteiger partial charge in [-0.3, -0.25) is 4.79 Å². The maximum atomic E-state index is 13.3. The molecule has 0 spiro atoms. The lowest BCUT2D eigenvalue weighted by Gasteiger charge is -2.23. The third-order valence-corrected chi connectivity index (χ3v) is 4.37. The first-order valence-electron chi connectivity index (χ1n) is 6.94. The van der Waals surface area contributed by atoms with Crippen molar-refractivity contribution in [3.05, 3.63) is 47.9 Å². The molecule has 1 aromatic heterocycles. The average molecular weight is 270 g/mol. The summed E-state index contributed by atoms with van der Waals surface area (Å²) in [5.74, 6) is 0.394. The fraction of sp³-hybridized carbons (Fsp3) is 0.312. The summed E-state index contributed by atoms with van der Waals surface area (Å²) in [6, 6.07) is 4.90. The molecule has 20 heavy (non-hydrogen) atoms. The highest BCUT2D eigenvalue weighted by Gasteiger charge is 2.36. The number of likely N-dealkylation sites (tertiary alicyclic amines) is 1. The first-order valence-corrected chi connectivity index (χ1v) is 6.94. The summed E-state index contributed by atoms with van der Waals surface area (Å²) in [6.07, 6.45) is 7.54. The van der Waals surface area contributed by atoms with Gasteiger partial charge in [-0.1, -0.05) is 12.2 Å². The van der Waals surface area contributed by atoms with Crippen LogP contribution in [0.5, 0.6) is 0 Å². The molecule has 2 bridgehead atoms. The highest BCUT2D eigenvalue weighted by Crippen LogP contribution is 2.32. The highest BCUT2D eigenvalue weighted by atomic mass is 19.1. The number of hydrogen-bond donors (Lipinski definition) is 1. The van der Waals surface area contributed by atoms with Gasteiger partial charge in [0, 0.05) is 23.6 Å². The van der Waals surface area contributed by atoms with E-state index in [4.69, 9.17) is 0 Å². The summed E-state index contributed by atoms with van der Waals surface area (Å²) in [5, 5.41) is 0.804. The normalized spacial score (nSPS) is 23.9. The Kier molecular flexibility index (Phi) is 2.46. The minimum Gasteiger partial charge on any atom is -0.361 e. The fourth-order valence-electron chi connectivity index (χ4n) is 3.36. The Morgan fingerprint density at radius 2 is 2.30 bits per heavy atom. The standard InChI is InChI=1S/C16H15FN2O/c17-12-2-4-15-14(7-12)11(8-18-15)6-16(20)19-9-10-1-3-13(19)5-10/h1-4,7-8,10,13,18H,5-6,9H2/t10-,13+/m0/s1. The quantitative estimate of drug-likeness (QED) is 0.837. The molecule has 1 fully saturated rings. The van der Waals surface area contributed by atoms with Crippen LogP contribution in [0.25, 0.3) is 10.9 Å². The topological polar surface area (TPSA) is 36.1 Å². The summed E-state index contributed by atoms with van der Waals surface area (Å²) in [7, 11) is 0. The lowest BCUT2D eigenvalue weighted by molar-refractivity contribution is -0.130. The molecule has 1 saturated heterocycles. The number of aromatic amines is 1. The van der Waals surface area contributed by atoms with Crippen LogP contribution in [0.15, 0.2) is 36.5 Å². The van der Waals surface area contributed by atoms with Crippen LogP contribution in [-0.2, 0) is 11.2 Å². The Morgan fingerprint density at radius 1 is 1.40 bits per heavy atom. The molecule has 0 saturated carbocycles. The van der Waals surface area contributed by atoms with Crippen LogP contribution in [0.2, 0.25) is 0 Å². The van der Waals surface area contributed by atoms with Crippen molar-refractivity contribution >= 4 is 16.8 Å². The molecule has 2 aromatic rings. The zero-order valence-corrected chi connectivity index (χ0v) is 11.0. The van der Waals surface area contributed by atoms with E-state index in [1.54, 1.807) is 6.07 Å². The number of amides is 1. The zero-order chi connectivity index (χ0) is 13.7. The molecule has 4 rings (SSSR count). The first kappa shape index (κ1) is 11.7. The molecule has 3 nitrogen and oxygen atoms in total. The predicted molar refractivity (Wildman–Crippen MR) is 74.7 cm³/mol. The van der Waals surface area contributed by atoms with Crippen molar-refractivity contribution < 1.29 is 9.18 Å². The Morgan fingerprint density at radius 3 is 3.05 bits per heavy atom. The summed E-state index contributed by atoms with van der Waals surface area (Å²) in [4.78, 5) is 17.5. The molecular formula is C16H15FN2O. The second kappa shape index (κ2) is 4.20. The first-order chi connectivity index (χ1) is 9.70. The molecule has 2 heterocycles. The molecule has 1 N–H and O–H groups in total. The Bertz CT molecular complexity index is 718. The van der Waals surface area contributed by atoms with E-state index < -0.39 is 0 Å². The molecule has 0 unspecified atom stereocenters. The van der Waals surface area contributed by atoms with E-state index in [2.05, 4.69) is 17.1 Å². The Labute approximate surface area is 116 Å². The summed E-state index contributed by atoms with van der Waals surface area (Å²) < 4.78 is 13.3. The summed E-state index contributed by atoms with van der Waals surface area (Å²) in [6.45, 7) is 0.830. The highest BCUT2D eigenvalue weighted by molar-refractivity contribution is 5.89. The van der Waals surface area contributed by atoms with Gasteiger partial charge in [0.15, 0.2) is 0 Å². The van der Waals surface area contributed by atoms with Crippen molar-refractivity contribution in [2.24, 2.45) is 5.92 Å². The van der Waals surface area contributed by atoms with Gasteiger partial charge in [0.1, 0.15) is 5.82 Å². The van der Waals surface area contributed by atoms with Crippen molar-refractivity contribution in [2.45, 2.75) is 18.9 Å². The van der Waals surface area contributed by atoms with E-state index in [1.807, 2.05) is 11.1 Å². The molecule has 102 valence electrons. The number of carbonyl (C=O) groups excluding carboxylic acids is 1. The second-order valence-corrected chi connectivity index (χ2v) is 5.67. The van der Waals surface area contributed by atoms with Crippen LogP contribution in [0.1, 0.15) is 12.0 Å². The second-order valence-electron chi connectivity index (χ2n) is 5.67. The van der Waals surface area contributed by atoms with Gasteiger partial charge in [-0.2, -0.15) is 0 Å². The number of hydrogen-bond acceptors (Lipinski definition) is 1. The predicted octanol–water partition coefficient (Wildman–Crippen LogP) is 2.64. The van der Waals surface area contributed by atoms with Crippen LogP contribution in [-0.4, -0.2) is 28.4 Å². The molecule has 1 aromatic carbocycles. The van der Waals surface area contributed by atoms with E-state index in [0.29, 0.717) is 12.3 Å². The largest absolute Gasteiger partial charge is 0.361 e. The molecule has 1 amide bonds. The van der Waals surface area contributed by atoms with Crippen LogP contribution < -0.4 is 0 Å². The van der Waals surface area contributed by atoms with Crippen LogP contribution in [0.3, 0.4) is 0 Å². The Balaban J connectivity index is 1.60. The number of carbonyl (C=O) groups is 1. The monoisotopic (exact) mass is 270 g/mol. The zero-order valence-electron chi connectivity index (χ0n) is 11.0. The van der Waals surface area contributed by atoms with E-state index in [-0.39, 0.29) is 17.8 Å². The molecule has 2 atom stereocenters. The molecular weight excluding hydrogens is 255 g/mol. The number of nitrogens with zero attached hydrogens (tertiary/aromatic N) is 1. The van der Waals surface area contributed by atoms with Gasteiger partial charge in [0.2, 0.25) is 5.91 Å². The average Bonchev–Trinajstić information content (AvgIpc) is 3.14. The molecule has 1 aliphatic carbocycles. The van der Waals surface area contributed by atoms with Gasteiger partial charge >= 0.3 is 0 Å². The van der Waals surface area contributed by atoms with Crippen molar-refractivity contribution in [2.75, 3.05) is 6.54 Å². The minimum atomic E-state index is -0.269. The number of rotatable bonds is 2. The van der Waals surface area contributed by atoms with Crippen molar-refractivity contribution in [1.82, 2.24) is 9.88 Å². The molecule has 1 aliphatic heterocycles. The van der Waals surface area contributed by atoms with Gasteiger partial charge in [-0.05, 0) is 36.1 Å². The van der Waals surface area contributed by atoms with E-state index >= 15 is 0 Å². The van der Waals surface area contributed by atoms with Crippen LogP contribution in [0, 0.1) is 11.7 Å². The van der Waals surface area contributed by atoms with E-state index in [9.17, 15) is 9.18 Å². The maximum absolute atomic E-state index is 13.3. The number of H-pyrrole nitrogens is 1. The smallest absolute Gasteiger partial charge is 0.227 e. The fourth-order valence-corrected chi connectivity index (χ4v) is 3.36. The van der Waals surface area contributed by atoms with Gasteiger partial charge in [0.05, 0.1) is 12.5 Å². The van der Waals surface area contributed by atoms with E-state index in [0.717, 1.165) is 29.4 Å². The van der Waals surface area contributed by atoms with Crippen LogP contribution >= 0.6 is 0 Å². The number of benzene rings is 1. The maximum Gasteiger partial charge on any atom is 0.227 e. The van der Waals surface area contributed by atoms with Gasteiger partial charge in [0.25, 0.3) is 0 Å². The molecule has 4 heteroatoms. The van der Waals surface area contributed by atoms with Crippen molar-refractivity contribution in [1.29, 1.82) is 0 Å². The van der Waals surface area contributed by atoms with Gasteiger partial charge < -0.3 is 9.88 Å². The number of halogens is 1. The molecule has 2 aliphatic rings. The van der Waals surface area contributed by atoms with E-state index in [1.165, 1.54) is 12.1 Å². The third kappa shape index (κ3) is 1.75. The molecule has 0 radical (unpaired) electrons. The van der Waals surface area contributed by atoms with Gasteiger partial charge in [-0.25, -0.2) is 4.39 Å². The van der Waals surface area contributed by atoms with Gasteiger partial charge in [-0.15, -0.1) is 0 Å². The van der Waals surface area contributed by atoms with Crippen LogP contribution in [0.4, 0.5) is 4.39 Å². The minimum absolute atomic E-state index is 0.131. The lowest BCUT2D eigenvalue weighted by atomic mass is 10.1. The summed E-state index contributed by atoms with van der Waals surface area (Å²) >= 11 is 0. The number of fused-ring (bicyclic) bond motifs is 3. The lowest BCUT2D eigenvalue weighted by Crippen LogP contribution is -2.36. The number of nitrogens with one attached hydrogen (secondary N) is 1. The SMILES string of the molecule is O=C(Cc1c[nH]c2ccc(F)cc12)N1C[C@H]2C=C[C@@H]1C2. The number of aromatic nitrogens is 1.